The predicted molar refractivity (Wildman–Crippen MR) is 128 cm³/mol. The topological polar surface area (TPSA) is 131 Å². The van der Waals surface area contributed by atoms with E-state index in [1.807, 2.05) is 0 Å². The summed E-state index contributed by atoms with van der Waals surface area (Å²) in [6.45, 7) is 0.199. The van der Waals surface area contributed by atoms with Gasteiger partial charge in [-0.2, -0.15) is 0 Å². The largest absolute Gasteiger partial charge is 0.511 e. The van der Waals surface area contributed by atoms with Gasteiger partial charge in [0.1, 0.15) is 23.0 Å². The minimum absolute atomic E-state index is 0.0879. The molecule has 2 fully saturated rings. The third-order valence-corrected chi connectivity index (χ3v) is 7.55. The highest BCUT2D eigenvalue weighted by Gasteiger charge is 2.58. The van der Waals surface area contributed by atoms with E-state index in [-0.39, 0.29) is 53.5 Å². The third-order valence-electron chi connectivity index (χ3n) is 6.78. The van der Waals surface area contributed by atoms with E-state index in [0.29, 0.717) is 10.6 Å². The van der Waals surface area contributed by atoms with Gasteiger partial charge in [-0.05, 0) is 42.9 Å². The maximum atomic E-state index is 13.7. The highest BCUT2D eigenvalue weighted by Crippen LogP contribution is 2.48. The minimum atomic E-state index is -0.502. The number of nitro groups is 1. The molecule has 3 aliphatic heterocycles. The number of nitrogens with zero attached hydrogens (tertiary/aromatic N) is 3. The van der Waals surface area contributed by atoms with Gasteiger partial charge in [-0.15, -0.1) is 11.8 Å². The van der Waals surface area contributed by atoms with Crippen molar-refractivity contribution >= 4 is 34.9 Å². The number of rotatable bonds is 6. The van der Waals surface area contributed by atoms with Gasteiger partial charge in [-0.1, -0.05) is 12.1 Å². The van der Waals surface area contributed by atoms with Crippen molar-refractivity contribution in [3.63, 3.8) is 0 Å². The van der Waals surface area contributed by atoms with Crippen LogP contribution in [0.1, 0.15) is 18.4 Å². The van der Waals surface area contributed by atoms with Crippen LogP contribution < -0.4 is 5.73 Å². The Hall–Kier alpha value is -3.44. The lowest BCUT2D eigenvalue weighted by Crippen LogP contribution is -2.55. The summed E-state index contributed by atoms with van der Waals surface area (Å²) in [5, 5.41) is 22.3. The number of thioether (sulfide) groups is 1. The van der Waals surface area contributed by atoms with Crippen LogP contribution in [0.15, 0.2) is 63.7 Å². The number of non-ortho nitro benzene ring substituents is 1. The zero-order valence-corrected chi connectivity index (χ0v) is 19.6. The number of aliphatic imine (C=N–C) groups is 1. The van der Waals surface area contributed by atoms with Gasteiger partial charge < -0.3 is 20.5 Å². The van der Waals surface area contributed by atoms with Crippen LogP contribution in [0, 0.1) is 21.8 Å². The number of nitro benzene ring substituents is 1. The van der Waals surface area contributed by atoms with Crippen molar-refractivity contribution in [2.45, 2.75) is 42.5 Å². The van der Waals surface area contributed by atoms with Gasteiger partial charge >= 0.3 is 0 Å². The van der Waals surface area contributed by atoms with Gasteiger partial charge in [-0.3, -0.25) is 14.9 Å². The molecule has 182 valence electrons. The van der Waals surface area contributed by atoms with E-state index >= 15 is 0 Å². The molecule has 11 heteroatoms. The molecule has 2 aromatic rings. The van der Waals surface area contributed by atoms with Crippen LogP contribution in [-0.2, 0) is 16.1 Å². The van der Waals surface area contributed by atoms with Crippen LogP contribution in [0.4, 0.5) is 15.8 Å². The standard InChI is InChI=1S/C24H23FN4O5S/c1-35-18-10-14(29(32)33)6-7-15(18)27-23(26)20-22(30)19-16-8-9-17(34-16)21(19)28(24(20)31)11-12-2-4-13(25)5-3-12/h2-7,10,16-17,19,21,30H,8-9,11H2,1H3,(H2,26,27)/t16-,17+,19-,21+/m1/s1. The molecule has 0 aliphatic carbocycles. The van der Waals surface area contributed by atoms with Gasteiger partial charge in [0, 0.05) is 23.6 Å². The summed E-state index contributed by atoms with van der Waals surface area (Å²) in [5.74, 6) is -1.62. The molecule has 0 saturated carbocycles. The molecule has 35 heavy (non-hydrogen) atoms. The van der Waals surface area contributed by atoms with Crippen LogP contribution in [0.2, 0.25) is 0 Å². The molecule has 0 spiro atoms. The number of amides is 1. The molecule has 1 amide bonds. The molecule has 2 bridgehead atoms. The molecular weight excluding hydrogens is 475 g/mol. The van der Waals surface area contributed by atoms with Crippen molar-refractivity contribution in [3.8, 4) is 0 Å². The lowest BCUT2D eigenvalue weighted by molar-refractivity contribution is -0.385. The van der Waals surface area contributed by atoms with Crippen molar-refractivity contribution in [1.29, 1.82) is 0 Å². The van der Waals surface area contributed by atoms with Crippen LogP contribution in [0.25, 0.3) is 0 Å². The van der Waals surface area contributed by atoms with E-state index in [0.717, 1.165) is 18.4 Å². The number of nitrogens with two attached hydrogens (primary N) is 1. The molecule has 4 atom stereocenters. The normalized spacial score (nSPS) is 25.8. The number of amidine groups is 1. The summed E-state index contributed by atoms with van der Waals surface area (Å²) in [4.78, 5) is 30.8. The third kappa shape index (κ3) is 4.04. The summed E-state index contributed by atoms with van der Waals surface area (Å²) >= 11 is 1.25. The maximum Gasteiger partial charge on any atom is 0.270 e. The molecule has 0 aromatic heterocycles. The monoisotopic (exact) mass is 498 g/mol. The predicted octanol–water partition coefficient (Wildman–Crippen LogP) is 3.85. The molecule has 2 aromatic carbocycles. The number of carbonyl (C=O) groups excluding carboxylic acids is 1. The van der Waals surface area contributed by atoms with E-state index in [2.05, 4.69) is 4.99 Å². The van der Waals surface area contributed by atoms with Gasteiger partial charge in [0.15, 0.2) is 0 Å². The number of fused-ring (bicyclic) bond motifs is 5. The number of ether oxygens (including phenoxy) is 1. The molecule has 0 radical (unpaired) electrons. The first kappa shape index (κ1) is 23.3. The van der Waals surface area contributed by atoms with Crippen LogP contribution >= 0.6 is 11.8 Å². The Morgan fingerprint density at radius 3 is 2.69 bits per heavy atom. The molecule has 9 nitrogen and oxygen atoms in total. The Kier molecular flexibility index (Phi) is 5.97. The minimum Gasteiger partial charge on any atom is -0.511 e. The SMILES string of the molecule is CSc1cc([N+](=O)[O-])ccc1N=C(N)C1=C(O)[C@H]2[C@H]([C@@H]3CC[C@H]2O3)N(Cc2ccc(F)cc2)C1=O. The summed E-state index contributed by atoms with van der Waals surface area (Å²) in [6, 6.07) is 9.69. The number of halogens is 1. The smallest absolute Gasteiger partial charge is 0.270 e. The highest BCUT2D eigenvalue weighted by atomic mass is 32.2. The number of carbonyl (C=O) groups is 1. The molecule has 2 saturated heterocycles. The molecule has 3 N–H and O–H groups in total. The summed E-state index contributed by atoms with van der Waals surface area (Å²) < 4.78 is 19.5. The van der Waals surface area contributed by atoms with E-state index in [1.54, 1.807) is 23.3 Å². The number of hydrogen-bond donors (Lipinski definition) is 2. The van der Waals surface area contributed by atoms with Crippen LogP contribution in [-0.4, -0.2) is 51.2 Å². The van der Waals surface area contributed by atoms with Crippen molar-refractivity contribution in [2.24, 2.45) is 16.6 Å². The molecule has 5 rings (SSSR count). The zero-order chi connectivity index (χ0) is 24.9. The van der Waals surface area contributed by atoms with Gasteiger partial charge in [0.2, 0.25) is 0 Å². The Labute approximate surface area is 204 Å². The number of aliphatic hydroxyl groups is 1. The van der Waals surface area contributed by atoms with Crippen molar-refractivity contribution in [2.75, 3.05) is 6.26 Å². The van der Waals surface area contributed by atoms with Crippen LogP contribution in [0.3, 0.4) is 0 Å². The zero-order valence-electron chi connectivity index (χ0n) is 18.8. The molecule has 3 aliphatic rings. The summed E-state index contributed by atoms with van der Waals surface area (Å²) in [5.41, 5.74) is 7.19. The number of aliphatic hydroxyl groups excluding tert-OH is 1. The maximum absolute atomic E-state index is 13.7. The van der Waals surface area contributed by atoms with Gasteiger partial charge in [-0.25, -0.2) is 9.38 Å². The fourth-order valence-electron chi connectivity index (χ4n) is 5.21. The lowest BCUT2D eigenvalue weighted by Gasteiger charge is -2.41. The van der Waals surface area contributed by atoms with Gasteiger partial charge in [0.25, 0.3) is 11.6 Å². The Bertz CT molecular complexity index is 1270. The summed E-state index contributed by atoms with van der Waals surface area (Å²) in [7, 11) is 0. The first-order valence-corrected chi connectivity index (χ1v) is 12.3. The average molecular weight is 499 g/mol. The van der Waals surface area contributed by atoms with Gasteiger partial charge in [0.05, 0.1) is 34.8 Å². The van der Waals surface area contributed by atoms with Crippen molar-refractivity contribution in [1.82, 2.24) is 4.90 Å². The first-order valence-electron chi connectivity index (χ1n) is 11.1. The first-order chi connectivity index (χ1) is 16.8. The Morgan fingerprint density at radius 2 is 2.00 bits per heavy atom. The number of hydrogen-bond acceptors (Lipinski definition) is 7. The second-order valence-corrected chi connectivity index (χ2v) is 9.58. The van der Waals surface area contributed by atoms with Crippen molar-refractivity contribution in [3.05, 3.63) is 75.3 Å². The van der Waals surface area contributed by atoms with E-state index in [4.69, 9.17) is 10.5 Å². The Morgan fingerprint density at radius 1 is 1.29 bits per heavy atom. The highest BCUT2D eigenvalue weighted by molar-refractivity contribution is 7.98. The molecular formula is C24H23FN4O5S. The second-order valence-electron chi connectivity index (χ2n) is 8.74. The lowest BCUT2D eigenvalue weighted by atomic mass is 9.78. The van der Waals surface area contributed by atoms with E-state index < -0.39 is 16.7 Å². The average Bonchev–Trinajstić information content (AvgIpc) is 3.45. The van der Waals surface area contributed by atoms with Crippen molar-refractivity contribution < 1.29 is 24.0 Å². The summed E-state index contributed by atoms with van der Waals surface area (Å²) in [6.07, 6.45) is 2.85. The fourth-order valence-corrected chi connectivity index (χ4v) is 5.77. The molecule has 0 unspecified atom stereocenters. The molecule has 3 heterocycles. The fraction of sp³-hybridized carbons (Fsp3) is 0.333. The van der Waals surface area contributed by atoms with E-state index in [1.165, 1.54) is 42.1 Å². The quantitative estimate of drug-likeness (QED) is 0.203. The van der Waals surface area contributed by atoms with Crippen LogP contribution in [0.5, 0.6) is 0 Å². The second kappa shape index (κ2) is 8.97. The number of benzene rings is 2. The Balaban J connectivity index is 1.55. The van der Waals surface area contributed by atoms with E-state index in [9.17, 15) is 24.4 Å².